The van der Waals surface area contributed by atoms with Crippen LogP contribution in [0.5, 0.6) is 0 Å². The fourth-order valence-electron chi connectivity index (χ4n) is 1.000. The normalized spacial score (nSPS) is 10.5. The molecule has 0 aliphatic heterocycles. The van der Waals surface area contributed by atoms with Crippen molar-refractivity contribution in [1.82, 2.24) is 9.97 Å². The molecule has 0 unspecified atom stereocenters. The second-order valence-corrected chi connectivity index (χ2v) is 3.44. The van der Waals surface area contributed by atoms with Crippen LogP contribution in [-0.2, 0) is 0 Å². The summed E-state index contributed by atoms with van der Waals surface area (Å²) in [6.45, 7) is 10.2. The van der Waals surface area contributed by atoms with Gasteiger partial charge in [0.2, 0.25) is 0 Å². The molecule has 1 heterocycles. The summed E-state index contributed by atoms with van der Waals surface area (Å²) < 4.78 is 0. The van der Waals surface area contributed by atoms with Crippen LogP contribution in [0, 0.1) is 0 Å². The summed E-state index contributed by atoms with van der Waals surface area (Å²) >= 11 is 0. The lowest BCUT2D eigenvalue weighted by Gasteiger charge is -2.05. The lowest BCUT2D eigenvalue weighted by molar-refractivity contribution is 0.809. The van der Waals surface area contributed by atoms with E-state index >= 15 is 0 Å². The SMILES string of the molecule is C=C(CC)c1cnc(C(C)C)cn1. The highest BCUT2D eigenvalue weighted by molar-refractivity contribution is 5.58. The third-order valence-electron chi connectivity index (χ3n) is 2.05. The molecule has 70 valence electrons. The van der Waals surface area contributed by atoms with Gasteiger partial charge in [0, 0.05) is 6.20 Å². The van der Waals surface area contributed by atoms with E-state index in [9.17, 15) is 0 Å². The topological polar surface area (TPSA) is 25.8 Å². The van der Waals surface area contributed by atoms with E-state index in [1.165, 1.54) is 0 Å². The molecule has 0 saturated carbocycles. The van der Waals surface area contributed by atoms with E-state index in [1.54, 1.807) is 6.20 Å². The maximum absolute atomic E-state index is 4.32. The van der Waals surface area contributed by atoms with E-state index in [-0.39, 0.29) is 0 Å². The Kier molecular flexibility index (Phi) is 3.18. The van der Waals surface area contributed by atoms with Crippen LogP contribution in [0.3, 0.4) is 0 Å². The summed E-state index contributed by atoms with van der Waals surface area (Å²) in [5, 5.41) is 0. The minimum atomic E-state index is 0.441. The van der Waals surface area contributed by atoms with Crippen LogP contribution < -0.4 is 0 Å². The van der Waals surface area contributed by atoms with Crippen LogP contribution in [0.25, 0.3) is 5.57 Å². The predicted octanol–water partition coefficient (Wildman–Crippen LogP) is 3.02. The standard InChI is InChI=1S/C11H16N2/c1-5-9(4)11-7-12-10(6-13-11)8(2)3/h6-8H,4-5H2,1-3H3. The van der Waals surface area contributed by atoms with Crippen molar-refractivity contribution < 1.29 is 0 Å². The van der Waals surface area contributed by atoms with Crippen molar-refractivity contribution in [3.8, 4) is 0 Å². The zero-order chi connectivity index (χ0) is 9.84. The largest absolute Gasteiger partial charge is 0.257 e. The highest BCUT2D eigenvalue weighted by Gasteiger charge is 2.02. The minimum Gasteiger partial charge on any atom is -0.257 e. The number of allylic oxidation sites excluding steroid dienone is 1. The van der Waals surface area contributed by atoms with Gasteiger partial charge in [0.25, 0.3) is 0 Å². The van der Waals surface area contributed by atoms with Crippen LogP contribution in [0.2, 0.25) is 0 Å². The first-order valence-corrected chi connectivity index (χ1v) is 4.65. The summed E-state index contributed by atoms with van der Waals surface area (Å²) in [5.41, 5.74) is 2.99. The molecular formula is C11H16N2. The van der Waals surface area contributed by atoms with Crippen LogP contribution >= 0.6 is 0 Å². The van der Waals surface area contributed by atoms with Gasteiger partial charge >= 0.3 is 0 Å². The average Bonchev–Trinajstić information content (AvgIpc) is 2.17. The first-order chi connectivity index (χ1) is 6.15. The molecule has 13 heavy (non-hydrogen) atoms. The van der Waals surface area contributed by atoms with Crippen LogP contribution in [-0.4, -0.2) is 9.97 Å². The quantitative estimate of drug-likeness (QED) is 0.707. The fourth-order valence-corrected chi connectivity index (χ4v) is 1.000. The van der Waals surface area contributed by atoms with Crippen molar-refractivity contribution in [2.24, 2.45) is 0 Å². The van der Waals surface area contributed by atoms with E-state index < -0.39 is 0 Å². The maximum atomic E-state index is 4.32. The Bertz CT molecular complexity index is 285. The smallest absolute Gasteiger partial charge is 0.0839 e. The average molecular weight is 176 g/mol. The molecule has 0 radical (unpaired) electrons. The van der Waals surface area contributed by atoms with E-state index in [0.29, 0.717) is 5.92 Å². The highest BCUT2D eigenvalue weighted by atomic mass is 14.8. The summed E-state index contributed by atoms with van der Waals surface area (Å²) in [4.78, 5) is 8.63. The van der Waals surface area contributed by atoms with E-state index in [4.69, 9.17) is 0 Å². The highest BCUT2D eigenvalue weighted by Crippen LogP contribution is 2.14. The molecule has 0 aromatic carbocycles. The maximum Gasteiger partial charge on any atom is 0.0839 e. The Morgan fingerprint density at radius 3 is 2.46 bits per heavy atom. The second-order valence-electron chi connectivity index (χ2n) is 3.44. The van der Waals surface area contributed by atoms with Crippen LogP contribution in [0.15, 0.2) is 19.0 Å². The van der Waals surface area contributed by atoms with Crippen molar-refractivity contribution in [2.45, 2.75) is 33.1 Å². The van der Waals surface area contributed by atoms with E-state index in [0.717, 1.165) is 23.4 Å². The lowest BCUT2D eigenvalue weighted by Crippen LogP contribution is -1.96. The molecular weight excluding hydrogens is 160 g/mol. The molecule has 0 saturated heterocycles. The van der Waals surface area contributed by atoms with Gasteiger partial charge in [0.15, 0.2) is 0 Å². The summed E-state index contributed by atoms with van der Waals surface area (Å²) in [5.74, 6) is 0.441. The summed E-state index contributed by atoms with van der Waals surface area (Å²) in [6.07, 6.45) is 4.57. The molecule has 2 heteroatoms. The zero-order valence-corrected chi connectivity index (χ0v) is 8.54. The van der Waals surface area contributed by atoms with Gasteiger partial charge in [-0.25, -0.2) is 0 Å². The fraction of sp³-hybridized carbons (Fsp3) is 0.455. The molecule has 0 amide bonds. The minimum absolute atomic E-state index is 0.441. The van der Waals surface area contributed by atoms with Crippen molar-refractivity contribution >= 4 is 5.57 Å². The Balaban J connectivity index is 2.87. The predicted molar refractivity (Wildman–Crippen MR) is 55.4 cm³/mol. The molecule has 0 aliphatic rings. The van der Waals surface area contributed by atoms with Crippen molar-refractivity contribution in [3.05, 3.63) is 30.4 Å². The molecule has 1 aromatic rings. The zero-order valence-electron chi connectivity index (χ0n) is 8.54. The summed E-state index contributed by atoms with van der Waals surface area (Å²) in [6, 6.07) is 0. The third kappa shape index (κ3) is 2.38. The molecule has 0 spiro atoms. The number of rotatable bonds is 3. The van der Waals surface area contributed by atoms with Crippen molar-refractivity contribution in [1.29, 1.82) is 0 Å². The Labute approximate surface area is 79.7 Å². The number of hydrogen-bond donors (Lipinski definition) is 0. The number of aromatic nitrogens is 2. The Hall–Kier alpha value is -1.18. The molecule has 0 bridgehead atoms. The second kappa shape index (κ2) is 4.17. The summed E-state index contributed by atoms with van der Waals surface area (Å²) in [7, 11) is 0. The van der Waals surface area contributed by atoms with Gasteiger partial charge < -0.3 is 0 Å². The molecule has 1 aromatic heterocycles. The molecule has 2 nitrogen and oxygen atoms in total. The Morgan fingerprint density at radius 1 is 1.38 bits per heavy atom. The van der Waals surface area contributed by atoms with Gasteiger partial charge in [-0.2, -0.15) is 0 Å². The first kappa shape index (κ1) is 9.90. The van der Waals surface area contributed by atoms with E-state index in [1.807, 2.05) is 6.20 Å². The van der Waals surface area contributed by atoms with Gasteiger partial charge in [0.1, 0.15) is 0 Å². The molecule has 0 fully saturated rings. The molecule has 0 N–H and O–H groups in total. The van der Waals surface area contributed by atoms with Gasteiger partial charge in [-0.05, 0) is 17.9 Å². The van der Waals surface area contributed by atoms with Crippen molar-refractivity contribution in [2.75, 3.05) is 0 Å². The van der Waals surface area contributed by atoms with Gasteiger partial charge in [-0.3, -0.25) is 9.97 Å². The third-order valence-corrected chi connectivity index (χ3v) is 2.05. The van der Waals surface area contributed by atoms with Gasteiger partial charge in [0.05, 0.1) is 17.6 Å². The van der Waals surface area contributed by atoms with Gasteiger partial charge in [-0.1, -0.05) is 27.4 Å². The monoisotopic (exact) mass is 176 g/mol. The van der Waals surface area contributed by atoms with Crippen LogP contribution in [0.1, 0.15) is 44.5 Å². The van der Waals surface area contributed by atoms with Crippen LogP contribution in [0.4, 0.5) is 0 Å². The lowest BCUT2D eigenvalue weighted by atomic mass is 10.1. The van der Waals surface area contributed by atoms with Gasteiger partial charge in [-0.15, -0.1) is 0 Å². The Morgan fingerprint density at radius 2 is 2.08 bits per heavy atom. The van der Waals surface area contributed by atoms with E-state index in [2.05, 4.69) is 37.3 Å². The molecule has 0 atom stereocenters. The first-order valence-electron chi connectivity index (χ1n) is 4.65. The van der Waals surface area contributed by atoms with Crippen molar-refractivity contribution in [3.63, 3.8) is 0 Å². The molecule has 0 aliphatic carbocycles. The number of hydrogen-bond acceptors (Lipinski definition) is 2. The molecule has 1 rings (SSSR count). The number of nitrogens with zero attached hydrogens (tertiary/aromatic N) is 2.